The Bertz CT molecular complexity index is 170. The van der Waals surface area contributed by atoms with Gasteiger partial charge in [-0.25, -0.2) is 0 Å². The molecular formula is C8H15NO. The molecule has 0 aliphatic carbocycles. The van der Waals surface area contributed by atoms with Crippen molar-refractivity contribution in [2.75, 3.05) is 0 Å². The van der Waals surface area contributed by atoms with Crippen molar-refractivity contribution in [2.45, 2.75) is 45.2 Å². The summed E-state index contributed by atoms with van der Waals surface area (Å²) in [7, 11) is 0. The highest BCUT2D eigenvalue weighted by Crippen LogP contribution is 2.25. The molecule has 1 fully saturated rings. The Morgan fingerprint density at radius 1 is 1.30 bits per heavy atom. The zero-order valence-corrected chi connectivity index (χ0v) is 7.12. The molecule has 0 unspecified atom stereocenters. The highest BCUT2D eigenvalue weighted by Gasteiger charge is 2.42. The number of carbonyl (C=O) groups excluding carboxylic acids is 1. The molecule has 2 nitrogen and oxygen atoms in total. The summed E-state index contributed by atoms with van der Waals surface area (Å²) in [5, 5.41) is 3.27. The summed E-state index contributed by atoms with van der Waals surface area (Å²) in [5.74, 6) is 0.317. The first kappa shape index (κ1) is 7.73. The normalized spacial score (nSPS) is 29.0. The van der Waals surface area contributed by atoms with Gasteiger partial charge in [0.15, 0.2) is 5.78 Å². The van der Waals surface area contributed by atoms with Gasteiger partial charge in [-0.3, -0.25) is 10.1 Å². The molecule has 0 amide bonds. The second kappa shape index (κ2) is 1.82. The highest BCUT2D eigenvalue weighted by atomic mass is 16.1. The Morgan fingerprint density at radius 2 is 1.80 bits per heavy atom. The van der Waals surface area contributed by atoms with Crippen molar-refractivity contribution >= 4 is 5.78 Å². The summed E-state index contributed by atoms with van der Waals surface area (Å²) in [6.45, 7) is 7.98. The van der Waals surface area contributed by atoms with Crippen LogP contribution in [0, 0.1) is 0 Å². The molecular weight excluding hydrogens is 126 g/mol. The van der Waals surface area contributed by atoms with Crippen molar-refractivity contribution in [3.8, 4) is 0 Å². The van der Waals surface area contributed by atoms with Crippen LogP contribution in [0.3, 0.4) is 0 Å². The fourth-order valence-electron chi connectivity index (χ4n) is 1.58. The van der Waals surface area contributed by atoms with Gasteiger partial charge >= 0.3 is 0 Å². The minimum absolute atomic E-state index is 0.000579. The van der Waals surface area contributed by atoms with Gasteiger partial charge in [-0.15, -0.1) is 0 Å². The molecule has 1 saturated heterocycles. The minimum Gasteiger partial charge on any atom is -0.300 e. The third-order valence-electron chi connectivity index (χ3n) is 1.95. The molecule has 0 aromatic heterocycles. The molecule has 1 aliphatic rings. The van der Waals surface area contributed by atoms with Gasteiger partial charge in [-0.2, -0.15) is 0 Å². The molecule has 0 spiro atoms. The van der Waals surface area contributed by atoms with Gasteiger partial charge in [0, 0.05) is 12.0 Å². The van der Waals surface area contributed by atoms with Crippen molar-refractivity contribution in [2.24, 2.45) is 0 Å². The number of nitrogens with one attached hydrogen (secondary N) is 1. The van der Waals surface area contributed by atoms with Gasteiger partial charge in [0.1, 0.15) is 0 Å². The first-order chi connectivity index (χ1) is 4.33. The van der Waals surface area contributed by atoms with Gasteiger partial charge < -0.3 is 0 Å². The quantitative estimate of drug-likeness (QED) is 0.547. The van der Waals surface area contributed by atoms with E-state index in [1.165, 1.54) is 0 Å². The van der Waals surface area contributed by atoms with Crippen molar-refractivity contribution in [1.29, 1.82) is 0 Å². The molecule has 1 heterocycles. The molecule has 58 valence electrons. The number of ketones is 1. The van der Waals surface area contributed by atoms with Crippen molar-refractivity contribution in [3.63, 3.8) is 0 Å². The maximum Gasteiger partial charge on any atom is 0.154 e. The van der Waals surface area contributed by atoms with E-state index in [2.05, 4.69) is 19.2 Å². The van der Waals surface area contributed by atoms with E-state index >= 15 is 0 Å². The zero-order chi connectivity index (χ0) is 7.99. The molecule has 2 heteroatoms. The largest absolute Gasteiger partial charge is 0.300 e. The first-order valence-corrected chi connectivity index (χ1v) is 3.66. The van der Waals surface area contributed by atoms with E-state index in [1.54, 1.807) is 0 Å². The number of hydrogen-bond donors (Lipinski definition) is 1. The van der Waals surface area contributed by atoms with Gasteiger partial charge in [0.2, 0.25) is 0 Å². The molecule has 10 heavy (non-hydrogen) atoms. The van der Waals surface area contributed by atoms with Crippen LogP contribution in [0.5, 0.6) is 0 Å². The van der Waals surface area contributed by atoms with Crippen LogP contribution in [0.4, 0.5) is 0 Å². The van der Waals surface area contributed by atoms with Gasteiger partial charge in [-0.1, -0.05) is 0 Å². The monoisotopic (exact) mass is 141 g/mol. The standard InChI is InChI=1S/C8H15NO/c1-7(2)5-6(10)8(3,4)9-7/h9H,5H2,1-4H3. The van der Waals surface area contributed by atoms with Crippen LogP contribution in [0.1, 0.15) is 34.1 Å². The average Bonchev–Trinajstić information content (AvgIpc) is 1.73. The van der Waals surface area contributed by atoms with Crippen LogP contribution in [0.2, 0.25) is 0 Å². The van der Waals surface area contributed by atoms with E-state index in [-0.39, 0.29) is 11.1 Å². The van der Waals surface area contributed by atoms with Crippen molar-refractivity contribution in [3.05, 3.63) is 0 Å². The first-order valence-electron chi connectivity index (χ1n) is 3.66. The summed E-state index contributed by atoms with van der Waals surface area (Å²) >= 11 is 0. The fourth-order valence-corrected chi connectivity index (χ4v) is 1.58. The summed E-state index contributed by atoms with van der Waals surface area (Å²) in [6.07, 6.45) is 0.653. The lowest BCUT2D eigenvalue weighted by Gasteiger charge is -2.22. The molecule has 0 aromatic rings. The molecule has 1 N–H and O–H groups in total. The Kier molecular flexibility index (Phi) is 1.40. The Labute approximate surface area is 62.0 Å². The maximum absolute atomic E-state index is 11.2. The number of carbonyl (C=O) groups is 1. The third-order valence-corrected chi connectivity index (χ3v) is 1.95. The second-order valence-corrected chi connectivity index (χ2v) is 4.23. The van der Waals surface area contributed by atoms with Crippen LogP contribution in [-0.2, 0) is 4.79 Å². The summed E-state index contributed by atoms with van der Waals surface area (Å²) in [4.78, 5) is 11.2. The van der Waals surface area contributed by atoms with Gasteiger partial charge in [0.25, 0.3) is 0 Å². The predicted octanol–water partition coefficient (Wildman–Crippen LogP) is 1.11. The van der Waals surface area contributed by atoms with Crippen molar-refractivity contribution < 1.29 is 4.79 Å². The molecule has 0 atom stereocenters. The maximum atomic E-state index is 11.2. The van der Waals surface area contributed by atoms with Crippen LogP contribution in [0.25, 0.3) is 0 Å². The van der Waals surface area contributed by atoms with E-state index in [0.29, 0.717) is 12.2 Å². The molecule has 0 radical (unpaired) electrons. The van der Waals surface area contributed by atoms with Crippen LogP contribution in [-0.4, -0.2) is 16.9 Å². The van der Waals surface area contributed by atoms with Gasteiger partial charge in [0.05, 0.1) is 5.54 Å². The highest BCUT2D eigenvalue weighted by molar-refractivity contribution is 5.90. The van der Waals surface area contributed by atoms with Crippen molar-refractivity contribution in [1.82, 2.24) is 5.32 Å². The van der Waals surface area contributed by atoms with E-state index < -0.39 is 0 Å². The minimum atomic E-state index is -0.302. The third kappa shape index (κ3) is 1.21. The van der Waals surface area contributed by atoms with Crippen LogP contribution >= 0.6 is 0 Å². The van der Waals surface area contributed by atoms with Gasteiger partial charge in [-0.05, 0) is 27.7 Å². The Hall–Kier alpha value is -0.370. The lowest BCUT2D eigenvalue weighted by atomic mass is 9.99. The summed E-state index contributed by atoms with van der Waals surface area (Å²) < 4.78 is 0. The number of hydrogen-bond acceptors (Lipinski definition) is 2. The second-order valence-electron chi connectivity index (χ2n) is 4.23. The van der Waals surface area contributed by atoms with E-state index in [1.807, 2.05) is 13.8 Å². The zero-order valence-electron chi connectivity index (χ0n) is 7.12. The van der Waals surface area contributed by atoms with Crippen LogP contribution < -0.4 is 5.32 Å². The smallest absolute Gasteiger partial charge is 0.154 e. The lowest BCUT2D eigenvalue weighted by molar-refractivity contribution is -0.121. The summed E-state index contributed by atoms with van der Waals surface area (Å²) in [5.41, 5.74) is -0.302. The molecule has 1 rings (SSSR count). The molecule has 0 saturated carbocycles. The number of rotatable bonds is 0. The Balaban J connectivity index is 2.81. The predicted molar refractivity (Wildman–Crippen MR) is 40.9 cm³/mol. The molecule has 1 aliphatic heterocycles. The molecule has 0 aromatic carbocycles. The van der Waals surface area contributed by atoms with E-state index in [9.17, 15) is 4.79 Å². The number of Topliss-reactive ketones (excluding diaryl/α,β-unsaturated/α-hetero) is 1. The fraction of sp³-hybridized carbons (Fsp3) is 0.875. The SMILES string of the molecule is CC1(C)CC(=O)C(C)(C)N1. The summed E-state index contributed by atoms with van der Waals surface area (Å²) in [6, 6.07) is 0. The van der Waals surface area contributed by atoms with Crippen LogP contribution in [0.15, 0.2) is 0 Å². The van der Waals surface area contributed by atoms with E-state index in [4.69, 9.17) is 0 Å². The average molecular weight is 141 g/mol. The Morgan fingerprint density at radius 3 is 1.90 bits per heavy atom. The lowest BCUT2D eigenvalue weighted by Crippen LogP contribution is -2.45. The van der Waals surface area contributed by atoms with E-state index in [0.717, 1.165) is 0 Å². The topological polar surface area (TPSA) is 29.1 Å². The molecule has 0 bridgehead atoms.